The van der Waals surface area contributed by atoms with Crippen LogP contribution in [0.15, 0.2) is 60.7 Å². The summed E-state index contributed by atoms with van der Waals surface area (Å²) in [5, 5.41) is 2.86. The molecule has 1 heterocycles. The molecule has 7 heteroatoms. The second-order valence-electron chi connectivity index (χ2n) is 6.26. The molecule has 0 aliphatic carbocycles. The number of carbonyl (C=O) groups excluding carboxylic acids is 4. The van der Waals surface area contributed by atoms with E-state index in [1.165, 1.54) is 7.05 Å². The fraction of sp³-hybridized carbons (Fsp3) is 0.200. The molecular weight excluding hydrogens is 346 g/mol. The van der Waals surface area contributed by atoms with Crippen molar-refractivity contribution in [3.8, 4) is 0 Å². The molecule has 27 heavy (non-hydrogen) atoms. The zero-order valence-electron chi connectivity index (χ0n) is 14.8. The maximum Gasteiger partial charge on any atom is 0.334 e. The topological polar surface area (TPSA) is 86.8 Å². The van der Waals surface area contributed by atoms with Gasteiger partial charge in [0, 0.05) is 7.05 Å². The molecule has 5 amide bonds. The van der Waals surface area contributed by atoms with Crippen LogP contribution < -0.4 is 5.32 Å². The Hall–Kier alpha value is -3.48. The Labute approximate surface area is 156 Å². The highest BCUT2D eigenvalue weighted by molar-refractivity contribution is 6.44. The number of likely N-dealkylation sites (N-methyl/N-ethyl adjacent to an activating group) is 1. The van der Waals surface area contributed by atoms with Crippen molar-refractivity contribution in [3.63, 3.8) is 0 Å². The normalized spacial score (nSPS) is 15.2. The van der Waals surface area contributed by atoms with E-state index in [0.29, 0.717) is 16.2 Å². The molecule has 0 radical (unpaired) electrons. The van der Waals surface area contributed by atoms with Crippen molar-refractivity contribution >= 4 is 23.8 Å². The number of amides is 5. The number of benzene rings is 2. The molecule has 138 valence electrons. The van der Waals surface area contributed by atoms with Gasteiger partial charge < -0.3 is 5.32 Å². The molecule has 0 aromatic heterocycles. The van der Waals surface area contributed by atoms with E-state index < -0.39 is 30.3 Å². The van der Waals surface area contributed by atoms with Gasteiger partial charge in [-0.2, -0.15) is 0 Å². The number of hydrogen-bond donors (Lipinski definition) is 1. The molecule has 1 atom stereocenters. The minimum Gasteiger partial charge on any atom is -0.347 e. The van der Waals surface area contributed by atoms with Gasteiger partial charge in [-0.1, -0.05) is 60.7 Å². The van der Waals surface area contributed by atoms with E-state index >= 15 is 0 Å². The van der Waals surface area contributed by atoms with E-state index in [1.54, 1.807) is 0 Å². The third-order valence-corrected chi connectivity index (χ3v) is 4.37. The fourth-order valence-corrected chi connectivity index (χ4v) is 2.92. The van der Waals surface area contributed by atoms with Gasteiger partial charge in [0.05, 0.1) is 6.04 Å². The maximum atomic E-state index is 12.5. The average Bonchev–Trinajstić information content (AvgIpc) is 2.87. The van der Waals surface area contributed by atoms with E-state index in [4.69, 9.17) is 0 Å². The number of nitrogens with zero attached hydrogens (tertiary/aromatic N) is 2. The smallest absolute Gasteiger partial charge is 0.334 e. The number of hydrogen-bond acceptors (Lipinski definition) is 4. The van der Waals surface area contributed by atoms with Gasteiger partial charge in [0.15, 0.2) is 0 Å². The molecule has 0 saturated carbocycles. The van der Waals surface area contributed by atoms with Crippen LogP contribution >= 0.6 is 0 Å². The third kappa shape index (κ3) is 4.03. The second-order valence-corrected chi connectivity index (χ2v) is 6.26. The number of carbonyl (C=O) groups is 4. The molecule has 1 aliphatic heterocycles. The molecule has 0 unspecified atom stereocenters. The number of urea groups is 1. The Kier molecular flexibility index (Phi) is 5.30. The molecule has 7 nitrogen and oxygen atoms in total. The van der Waals surface area contributed by atoms with Gasteiger partial charge in [0.2, 0.25) is 5.91 Å². The highest BCUT2D eigenvalue weighted by atomic mass is 16.2. The van der Waals surface area contributed by atoms with Gasteiger partial charge >= 0.3 is 17.8 Å². The summed E-state index contributed by atoms with van der Waals surface area (Å²) in [5.41, 5.74) is 1.94. The van der Waals surface area contributed by atoms with Crippen molar-refractivity contribution in [2.45, 2.75) is 12.5 Å². The van der Waals surface area contributed by atoms with Crippen LogP contribution in [0.25, 0.3) is 0 Å². The molecule has 0 bridgehead atoms. The summed E-state index contributed by atoms with van der Waals surface area (Å²) in [5.74, 6) is -2.43. The summed E-state index contributed by atoms with van der Waals surface area (Å²) in [7, 11) is 1.21. The van der Waals surface area contributed by atoms with Crippen LogP contribution in [0.1, 0.15) is 17.2 Å². The number of rotatable bonds is 6. The van der Waals surface area contributed by atoms with Crippen molar-refractivity contribution in [2.75, 3.05) is 13.6 Å². The molecule has 2 aromatic carbocycles. The molecular formula is C20H19N3O4. The Bertz CT molecular complexity index is 867. The lowest BCUT2D eigenvalue weighted by atomic mass is 9.99. The van der Waals surface area contributed by atoms with E-state index in [2.05, 4.69) is 5.32 Å². The largest absolute Gasteiger partial charge is 0.347 e. The van der Waals surface area contributed by atoms with Crippen LogP contribution in [0.3, 0.4) is 0 Å². The standard InChI is InChI=1S/C20H19N3O4/c1-22-18(25)19(26)23(20(22)27)13-17(24)21-16(15-10-6-3-7-11-15)12-14-8-4-2-5-9-14/h2-11,16H,12-13H2,1H3,(H,21,24)/t16-/m1/s1. The van der Waals surface area contributed by atoms with Crippen molar-refractivity contribution in [2.24, 2.45) is 0 Å². The van der Waals surface area contributed by atoms with Gasteiger partial charge in [-0.25, -0.2) is 9.69 Å². The first kappa shape index (κ1) is 18.3. The molecule has 1 N–H and O–H groups in total. The fourth-order valence-electron chi connectivity index (χ4n) is 2.92. The molecule has 0 spiro atoms. The van der Waals surface area contributed by atoms with E-state index in [-0.39, 0.29) is 6.04 Å². The highest BCUT2D eigenvalue weighted by Gasteiger charge is 2.43. The Morgan fingerprint density at radius 3 is 2.07 bits per heavy atom. The molecule has 2 aromatic rings. The molecule has 3 rings (SSSR count). The monoisotopic (exact) mass is 365 g/mol. The van der Waals surface area contributed by atoms with Crippen molar-refractivity contribution in [1.82, 2.24) is 15.1 Å². The first-order valence-corrected chi connectivity index (χ1v) is 8.49. The van der Waals surface area contributed by atoms with Crippen LogP contribution in [0, 0.1) is 0 Å². The Morgan fingerprint density at radius 1 is 0.926 bits per heavy atom. The van der Waals surface area contributed by atoms with Crippen LogP contribution in [0.5, 0.6) is 0 Å². The molecule has 1 fully saturated rings. The van der Waals surface area contributed by atoms with Gasteiger partial charge in [-0.05, 0) is 17.5 Å². The summed E-state index contributed by atoms with van der Waals surface area (Å²) in [4.78, 5) is 49.2. The van der Waals surface area contributed by atoms with Crippen LogP contribution in [0.2, 0.25) is 0 Å². The zero-order chi connectivity index (χ0) is 19.4. The predicted octanol–water partition coefficient (Wildman–Crippen LogP) is 1.51. The zero-order valence-corrected chi connectivity index (χ0v) is 14.8. The summed E-state index contributed by atoms with van der Waals surface area (Å²) >= 11 is 0. The molecule has 1 saturated heterocycles. The SMILES string of the molecule is CN1C(=O)C(=O)N(CC(=O)N[C@H](Cc2ccccc2)c2ccccc2)C1=O. The minimum absolute atomic E-state index is 0.331. The van der Waals surface area contributed by atoms with E-state index in [0.717, 1.165) is 11.1 Å². The summed E-state index contributed by atoms with van der Waals surface area (Å²) in [6.45, 7) is -0.494. The Morgan fingerprint density at radius 2 is 1.52 bits per heavy atom. The summed E-state index contributed by atoms with van der Waals surface area (Å²) in [6, 6.07) is 18.0. The maximum absolute atomic E-state index is 12.5. The van der Waals surface area contributed by atoms with E-state index in [1.807, 2.05) is 60.7 Å². The predicted molar refractivity (Wildman–Crippen MR) is 97.4 cm³/mol. The van der Waals surface area contributed by atoms with Gasteiger partial charge in [-0.3, -0.25) is 19.3 Å². The lowest BCUT2D eigenvalue weighted by Gasteiger charge is -2.21. The third-order valence-electron chi connectivity index (χ3n) is 4.37. The average molecular weight is 365 g/mol. The van der Waals surface area contributed by atoms with Gasteiger partial charge in [0.1, 0.15) is 6.54 Å². The Balaban J connectivity index is 1.74. The van der Waals surface area contributed by atoms with Crippen LogP contribution in [-0.4, -0.2) is 47.1 Å². The molecule has 1 aliphatic rings. The number of imide groups is 2. The van der Waals surface area contributed by atoms with Crippen molar-refractivity contribution in [1.29, 1.82) is 0 Å². The van der Waals surface area contributed by atoms with Gasteiger partial charge in [0.25, 0.3) is 0 Å². The highest BCUT2D eigenvalue weighted by Crippen LogP contribution is 2.19. The van der Waals surface area contributed by atoms with Crippen LogP contribution in [-0.2, 0) is 20.8 Å². The minimum atomic E-state index is -0.989. The van der Waals surface area contributed by atoms with Crippen molar-refractivity contribution < 1.29 is 19.2 Å². The summed E-state index contributed by atoms with van der Waals surface area (Å²) < 4.78 is 0. The second kappa shape index (κ2) is 7.82. The lowest BCUT2D eigenvalue weighted by Crippen LogP contribution is -2.42. The summed E-state index contributed by atoms with van der Waals surface area (Å²) in [6.07, 6.45) is 0.553. The first-order valence-electron chi connectivity index (χ1n) is 8.49. The van der Waals surface area contributed by atoms with Gasteiger partial charge in [-0.15, -0.1) is 0 Å². The first-order chi connectivity index (χ1) is 13.0. The lowest BCUT2D eigenvalue weighted by molar-refractivity contribution is -0.143. The number of nitrogens with one attached hydrogen (secondary N) is 1. The van der Waals surface area contributed by atoms with E-state index in [9.17, 15) is 19.2 Å². The van der Waals surface area contributed by atoms with Crippen LogP contribution in [0.4, 0.5) is 4.79 Å². The van der Waals surface area contributed by atoms with Crippen molar-refractivity contribution in [3.05, 3.63) is 71.8 Å². The quantitative estimate of drug-likeness (QED) is 0.621.